The van der Waals surface area contributed by atoms with Crippen molar-refractivity contribution in [1.29, 1.82) is 0 Å². The van der Waals surface area contributed by atoms with Crippen LogP contribution in [-0.2, 0) is 20.4 Å². The van der Waals surface area contributed by atoms with Crippen molar-refractivity contribution in [3.05, 3.63) is 34.2 Å². The van der Waals surface area contributed by atoms with Gasteiger partial charge in [0, 0.05) is 30.1 Å². The minimum atomic E-state index is -3.49. The molecule has 0 saturated heterocycles. The highest BCUT2D eigenvalue weighted by molar-refractivity contribution is 14.1. The zero-order valence-electron chi connectivity index (χ0n) is 14.2. The summed E-state index contributed by atoms with van der Waals surface area (Å²) in [7, 11) is -1.68. The molecule has 0 saturated carbocycles. The number of alkyl halides is 1. The number of hydrogen-bond donors (Lipinski definition) is 3. The van der Waals surface area contributed by atoms with E-state index in [1.54, 1.807) is 12.1 Å². The van der Waals surface area contributed by atoms with Gasteiger partial charge in [0.2, 0.25) is 5.91 Å². The molecule has 25 heavy (non-hydrogen) atoms. The van der Waals surface area contributed by atoms with Crippen LogP contribution in [0.3, 0.4) is 0 Å². The lowest BCUT2D eigenvalue weighted by molar-refractivity contribution is -0.121. The smallest absolute Gasteiger partial charge is 0.325 e. The summed E-state index contributed by atoms with van der Waals surface area (Å²) in [6, 6.07) is 5.26. The molecular formula is C15H23IN3O5P. The molecule has 0 aromatic heterocycles. The van der Waals surface area contributed by atoms with Crippen molar-refractivity contribution in [3.63, 3.8) is 0 Å². The van der Waals surface area contributed by atoms with Gasteiger partial charge in [0.15, 0.2) is 0 Å². The molecule has 1 rings (SSSR count). The van der Waals surface area contributed by atoms with E-state index in [0.717, 1.165) is 22.2 Å². The first-order valence-corrected chi connectivity index (χ1v) is 11.3. The molecule has 8 nitrogen and oxygen atoms in total. The molecule has 2 unspecified atom stereocenters. The quantitative estimate of drug-likeness (QED) is 0.147. The molecule has 1 amide bonds. The standard InChI is InChI=1S/C15H23IN3O5P/c1-17-14(9-16)12-8-11(5-6-13(12)19-21)10-18-15(20)4-3-7-24-25(2,22)23/h5-6,8,14,17H,3-4,7,9-10H2,1-2H3,(H,18,20)(H,22,23). The first kappa shape index (κ1) is 22.2. The van der Waals surface area contributed by atoms with Gasteiger partial charge >= 0.3 is 7.60 Å². The van der Waals surface area contributed by atoms with E-state index in [1.807, 2.05) is 13.1 Å². The second-order valence-electron chi connectivity index (χ2n) is 5.50. The van der Waals surface area contributed by atoms with Crippen molar-refractivity contribution in [3.8, 4) is 0 Å². The van der Waals surface area contributed by atoms with Crippen molar-refractivity contribution in [2.24, 2.45) is 5.18 Å². The molecule has 140 valence electrons. The van der Waals surface area contributed by atoms with E-state index >= 15 is 0 Å². The van der Waals surface area contributed by atoms with Crippen LogP contribution in [0.1, 0.15) is 30.0 Å². The molecule has 1 aromatic rings. The number of amides is 1. The predicted molar refractivity (Wildman–Crippen MR) is 105 cm³/mol. The second-order valence-corrected chi connectivity index (χ2v) is 8.24. The molecule has 0 bridgehead atoms. The molecule has 0 aliphatic heterocycles. The molecule has 0 aliphatic rings. The fourth-order valence-corrected chi connectivity index (χ4v) is 3.53. The van der Waals surface area contributed by atoms with Gasteiger partial charge in [-0.15, -0.1) is 4.91 Å². The third-order valence-corrected chi connectivity index (χ3v) is 4.98. The number of nitrogens with zero attached hydrogens (tertiary/aromatic N) is 1. The maximum atomic E-state index is 11.8. The number of carbonyl (C=O) groups excluding carboxylic acids is 1. The molecule has 0 spiro atoms. The van der Waals surface area contributed by atoms with Crippen molar-refractivity contribution in [1.82, 2.24) is 10.6 Å². The summed E-state index contributed by atoms with van der Waals surface area (Å²) in [5.41, 5.74) is 2.05. The second kappa shape index (κ2) is 11.0. The lowest BCUT2D eigenvalue weighted by Crippen LogP contribution is -2.23. The van der Waals surface area contributed by atoms with Crippen molar-refractivity contribution in [2.45, 2.75) is 25.4 Å². The van der Waals surface area contributed by atoms with Gasteiger partial charge in [0.05, 0.1) is 6.61 Å². The number of halogens is 1. The van der Waals surface area contributed by atoms with Gasteiger partial charge in [0.25, 0.3) is 0 Å². The van der Waals surface area contributed by atoms with Gasteiger partial charge in [-0.2, -0.15) is 0 Å². The summed E-state index contributed by atoms with van der Waals surface area (Å²) in [6.45, 7) is 1.49. The van der Waals surface area contributed by atoms with Crippen LogP contribution in [0.15, 0.2) is 23.4 Å². The van der Waals surface area contributed by atoms with Gasteiger partial charge < -0.3 is 20.1 Å². The first-order valence-electron chi connectivity index (χ1n) is 7.71. The highest BCUT2D eigenvalue weighted by Crippen LogP contribution is 2.36. The molecule has 10 heteroatoms. The predicted octanol–water partition coefficient (Wildman–Crippen LogP) is 3.01. The number of hydrogen-bond acceptors (Lipinski definition) is 6. The first-order chi connectivity index (χ1) is 11.8. The van der Waals surface area contributed by atoms with E-state index in [-0.39, 0.29) is 25.0 Å². The van der Waals surface area contributed by atoms with Crippen molar-refractivity contribution in [2.75, 3.05) is 24.7 Å². The van der Waals surface area contributed by atoms with Gasteiger partial charge in [-0.1, -0.05) is 34.7 Å². The van der Waals surface area contributed by atoms with Crippen LogP contribution in [0.2, 0.25) is 0 Å². The maximum Gasteiger partial charge on any atom is 0.325 e. The molecule has 0 heterocycles. The zero-order valence-corrected chi connectivity index (χ0v) is 17.2. The van der Waals surface area contributed by atoms with E-state index < -0.39 is 7.60 Å². The van der Waals surface area contributed by atoms with Crippen molar-refractivity contribution < 1.29 is 18.8 Å². The minimum Gasteiger partial charge on any atom is -0.352 e. The summed E-state index contributed by atoms with van der Waals surface area (Å²) in [4.78, 5) is 31.8. The Bertz CT molecular complexity index is 634. The van der Waals surface area contributed by atoms with E-state index in [0.29, 0.717) is 18.7 Å². The Hall–Kier alpha value is -0.870. The number of nitrogens with one attached hydrogen (secondary N) is 2. The molecule has 1 aromatic carbocycles. The molecule has 0 radical (unpaired) electrons. The zero-order chi connectivity index (χ0) is 18.9. The summed E-state index contributed by atoms with van der Waals surface area (Å²) < 4.78 is 16.5. The number of carbonyl (C=O) groups is 1. The molecule has 0 aliphatic carbocycles. The van der Waals surface area contributed by atoms with Gasteiger partial charge in [-0.3, -0.25) is 9.36 Å². The highest BCUT2D eigenvalue weighted by atomic mass is 127. The number of rotatable bonds is 11. The Labute approximate surface area is 160 Å². The van der Waals surface area contributed by atoms with E-state index in [2.05, 4.69) is 38.4 Å². The molecular weight excluding hydrogens is 460 g/mol. The van der Waals surface area contributed by atoms with Crippen LogP contribution in [-0.4, -0.2) is 35.5 Å². The van der Waals surface area contributed by atoms with Crippen LogP contribution in [0, 0.1) is 4.91 Å². The van der Waals surface area contributed by atoms with Gasteiger partial charge in [-0.25, -0.2) is 0 Å². The largest absolute Gasteiger partial charge is 0.352 e. The van der Waals surface area contributed by atoms with Crippen LogP contribution in [0.25, 0.3) is 0 Å². The normalized spacial score (nSPS) is 14.6. The Kier molecular flexibility index (Phi) is 9.73. The lowest BCUT2D eigenvalue weighted by Gasteiger charge is -2.16. The van der Waals surface area contributed by atoms with Gasteiger partial charge in [0.1, 0.15) is 5.69 Å². The highest BCUT2D eigenvalue weighted by Gasteiger charge is 2.14. The Morgan fingerprint density at radius 1 is 1.48 bits per heavy atom. The fraction of sp³-hybridized carbons (Fsp3) is 0.533. The van der Waals surface area contributed by atoms with Crippen molar-refractivity contribution >= 4 is 41.8 Å². The summed E-state index contributed by atoms with van der Waals surface area (Å²) in [6.07, 6.45) is 0.563. The Morgan fingerprint density at radius 2 is 2.20 bits per heavy atom. The van der Waals surface area contributed by atoms with Crippen LogP contribution in [0.5, 0.6) is 0 Å². The average molecular weight is 483 g/mol. The van der Waals surface area contributed by atoms with Gasteiger partial charge in [-0.05, 0) is 35.8 Å². The molecule has 2 atom stereocenters. The SMILES string of the molecule is CNC(CI)c1cc(CNC(=O)CCCOP(C)(=O)O)ccc1N=O. The summed E-state index contributed by atoms with van der Waals surface area (Å²) in [5, 5.41) is 8.96. The maximum absolute atomic E-state index is 11.8. The molecule has 3 N–H and O–H groups in total. The Balaban J connectivity index is 2.56. The topological polar surface area (TPSA) is 117 Å². The minimum absolute atomic E-state index is 0.00400. The van der Waals surface area contributed by atoms with Crippen LogP contribution in [0.4, 0.5) is 5.69 Å². The van der Waals surface area contributed by atoms with E-state index in [1.165, 1.54) is 0 Å². The monoisotopic (exact) mass is 483 g/mol. The lowest BCUT2D eigenvalue weighted by atomic mass is 10.0. The summed E-state index contributed by atoms with van der Waals surface area (Å²) in [5.74, 6) is -0.175. The van der Waals surface area contributed by atoms with Crippen LogP contribution < -0.4 is 10.6 Å². The van der Waals surface area contributed by atoms with E-state index in [4.69, 9.17) is 9.42 Å². The number of nitroso groups, excluding NO2 is 1. The van der Waals surface area contributed by atoms with E-state index in [9.17, 15) is 14.3 Å². The third kappa shape index (κ3) is 8.37. The molecule has 0 fully saturated rings. The number of benzene rings is 1. The average Bonchev–Trinajstić information content (AvgIpc) is 2.57. The summed E-state index contributed by atoms with van der Waals surface area (Å²) >= 11 is 2.23. The van der Waals surface area contributed by atoms with Crippen LogP contribution >= 0.6 is 30.2 Å². The Morgan fingerprint density at radius 3 is 2.76 bits per heavy atom. The fourth-order valence-electron chi connectivity index (χ4n) is 2.15. The third-order valence-electron chi connectivity index (χ3n) is 3.44.